The molecule has 0 N–H and O–H groups in total. The van der Waals surface area contributed by atoms with Crippen LogP contribution in [0.4, 0.5) is 5.69 Å². The second kappa shape index (κ2) is 5.05. The highest BCUT2D eigenvalue weighted by atomic mass is 32.1. The van der Waals surface area contributed by atoms with Crippen molar-refractivity contribution in [3.05, 3.63) is 29.1 Å². The number of fused-ring (bicyclic) bond motifs is 1. The number of anilines is 1. The molecule has 3 heteroatoms. The van der Waals surface area contributed by atoms with E-state index in [0.29, 0.717) is 0 Å². The second-order valence-electron chi connectivity index (χ2n) is 6.87. The van der Waals surface area contributed by atoms with Crippen molar-refractivity contribution in [2.45, 2.75) is 26.2 Å². The quantitative estimate of drug-likeness (QED) is 0.784. The van der Waals surface area contributed by atoms with Gasteiger partial charge in [-0.25, -0.2) is 0 Å². The maximum atomic E-state index is 2.55. The molecular weight excluding hydrogens is 264 g/mol. The minimum Gasteiger partial charge on any atom is -0.368 e. The molecule has 1 aromatic heterocycles. The number of likely N-dealkylation sites (N-methyl/N-ethyl adjacent to an activating group) is 1. The minimum atomic E-state index is 0.218. The van der Waals surface area contributed by atoms with Gasteiger partial charge in [0.05, 0.1) is 5.69 Å². The number of hydrogen-bond acceptors (Lipinski definition) is 3. The standard InChI is InChI=1S/C17H24N2S/c1-17(2,3)13-5-6-16-14(11-13)15(12-20-16)19-9-7-18(4)8-10-19/h5-6,11-12H,7-10H2,1-4H3. The fraction of sp³-hybridized carbons (Fsp3) is 0.529. The zero-order chi connectivity index (χ0) is 14.3. The fourth-order valence-corrected chi connectivity index (χ4v) is 3.73. The summed E-state index contributed by atoms with van der Waals surface area (Å²) in [6.45, 7) is 11.5. The lowest BCUT2D eigenvalue weighted by Crippen LogP contribution is -2.44. The van der Waals surface area contributed by atoms with Gasteiger partial charge in [-0.2, -0.15) is 0 Å². The molecule has 2 aromatic rings. The summed E-state index contributed by atoms with van der Waals surface area (Å²) in [7, 11) is 2.21. The van der Waals surface area contributed by atoms with Gasteiger partial charge in [0.15, 0.2) is 0 Å². The zero-order valence-corrected chi connectivity index (χ0v) is 13.8. The Bertz CT molecular complexity index is 601. The van der Waals surface area contributed by atoms with Gasteiger partial charge in [-0.3, -0.25) is 0 Å². The molecule has 108 valence electrons. The Hall–Kier alpha value is -1.06. The molecule has 3 rings (SSSR count). The Labute approximate surface area is 126 Å². The van der Waals surface area contributed by atoms with Crippen molar-refractivity contribution in [3.8, 4) is 0 Å². The first-order valence-corrected chi connectivity index (χ1v) is 8.28. The predicted molar refractivity (Wildman–Crippen MR) is 90.2 cm³/mol. The molecule has 20 heavy (non-hydrogen) atoms. The average Bonchev–Trinajstić information content (AvgIpc) is 2.81. The molecule has 0 bridgehead atoms. The van der Waals surface area contributed by atoms with Crippen LogP contribution in [-0.2, 0) is 5.41 Å². The third-order valence-corrected chi connectivity index (χ3v) is 5.21. The number of rotatable bonds is 1. The predicted octanol–water partition coefficient (Wildman–Crippen LogP) is 3.95. The summed E-state index contributed by atoms with van der Waals surface area (Å²) in [5, 5.41) is 3.77. The molecule has 1 aliphatic rings. The van der Waals surface area contributed by atoms with E-state index in [1.54, 1.807) is 0 Å². The third kappa shape index (κ3) is 2.57. The maximum Gasteiger partial charge on any atom is 0.0555 e. The number of nitrogens with zero attached hydrogens (tertiary/aromatic N) is 2. The molecule has 0 amide bonds. The smallest absolute Gasteiger partial charge is 0.0555 e. The Balaban J connectivity index is 1.99. The molecule has 0 spiro atoms. The number of benzene rings is 1. The van der Waals surface area contributed by atoms with Gasteiger partial charge in [-0.15, -0.1) is 11.3 Å². The monoisotopic (exact) mass is 288 g/mol. The fourth-order valence-electron chi connectivity index (χ4n) is 2.77. The summed E-state index contributed by atoms with van der Waals surface area (Å²) < 4.78 is 1.41. The van der Waals surface area contributed by atoms with Crippen LogP contribution in [0.1, 0.15) is 26.3 Å². The first-order valence-electron chi connectivity index (χ1n) is 7.40. The van der Waals surface area contributed by atoms with Crippen LogP contribution in [0, 0.1) is 0 Å². The van der Waals surface area contributed by atoms with Crippen LogP contribution < -0.4 is 4.90 Å². The molecule has 0 atom stereocenters. The van der Waals surface area contributed by atoms with Crippen LogP contribution in [0.2, 0.25) is 0 Å². The summed E-state index contributed by atoms with van der Waals surface area (Å²) in [5.74, 6) is 0. The largest absolute Gasteiger partial charge is 0.368 e. The molecule has 2 heterocycles. The van der Waals surface area contributed by atoms with E-state index in [9.17, 15) is 0 Å². The van der Waals surface area contributed by atoms with E-state index in [4.69, 9.17) is 0 Å². The molecule has 0 radical (unpaired) electrons. The SMILES string of the molecule is CN1CCN(c2csc3ccc(C(C)(C)C)cc23)CC1. The van der Waals surface area contributed by atoms with E-state index < -0.39 is 0 Å². The van der Waals surface area contributed by atoms with E-state index in [1.807, 2.05) is 11.3 Å². The Kier molecular flexibility index (Phi) is 3.51. The minimum absolute atomic E-state index is 0.218. The van der Waals surface area contributed by atoms with E-state index >= 15 is 0 Å². The van der Waals surface area contributed by atoms with Crippen molar-refractivity contribution in [3.63, 3.8) is 0 Å². The van der Waals surface area contributed by atoms with Gasteiger partial charge in [-0.05, 0) is 30.2 Å². The van der Waals surface area contributed by atoms with Crippen LogP contribution in [0.3, 0.4) is 0 Å². The number of thiophene rings is 1. The molecule has 0 unspecified atom stereocenters. The highest BCUT2D eigenvalue weighted by molar-refractivity contribution is 7.17. The van der Waals surface area contributed by atoms with Crippen molar-refractivity contribution in [1.82, 2.24) is 4.90 Å². The van der Waals surface area contributed by atoms with Crippen LogP contribution in [0.5, 0.6) is 0 Å². The van der Waals surface area contributed by atoms with Crippen molar-refractivity contribution >= 4 is 27.1 Å². The van der Waals surface area contributed by atoms with Crippen molar-refractivity contribution < 1.29 is 0 Å². The molecular formula is C17H24N2S. The normalized spacial score (nSPS) is 17.9. The van der Waals surface area contributed by atoms with Crippen molar-refractivity contribution in [2.24, 2.45) is 0 Å². The molecule has 1 aromatic carbocycles. The van der Waals surface area contributed by atoms with Crippen LogP contribution >= 0.6 is 11.3 Å². The van der Waals surface area contributed by atoms with E-state index in [0.717, 1.165) is 26.2 Å². The highest BCUT2D eigenvalue weighted by Crippen LogP contribution is 2.36. The Morgan fingerprint density at radius 1 is 1.05 bits per heavy atom. The molecule has 0 saturated carbocycles. The van der Waals surface area contributed by atoms with Crippen molar-refractivity contribution in [2.75, 3.05) is 38.1 Å². The van der Waals surface area contributed by atoms with Crippen LogP contribution in [0.15, 0.2) is 23.6 Å². The number of hydrogen-bond donors (Lipinski definition) is 0. The lowest BCUT2D eigenvalue weighted by molar-refractivity contribution is 0.313. The molecule has 1 saturated heterocycles. The van der Waals surface area contributed by atoms with Gasteiger partial charge >= 0.3 is 0 Å². The zero-order valence-electron chi connectivity index (χ0n) is 12.9. The lowest BCUT2D eigenvalue weighted by atomic mass is 9.86. The maximum absolute atomic E-state index is 2.55. The Morgan fingerprint density at radius 2 is 1.75 bits per heavy atom. The highest BCUT2D eigenvalue weighted by Gasteiger charge is 2.19. The molecule has 0 aliphatic carbocycles. The second-order valence-corrected chi connectivity index (χ2v) is 7.78. The van der Waals surface area contributed by atoms with Crippen molar-refractivity contribution in [1.29, 1.82) is 0 Å². The van der Waals surface area contributed by atoms with Gasteiger partial charge in [0, 0.05) is 41.6 Å². The third-order valence-electron chi connectivity index (χ3n) is 4.26. The van der Waals surface area contributed by atoms with Gasteiger partial charge in [0.2, 0.25) is 0 Å². The van der Waals surface area contributed by atoms with Gasteiger partial charge in [0.25, 0.3) is 0 Å². The molecule has 2 nitrogen and oxygen atoms in total. The average molecular weight is 288 g/mol. The van der Waals surface area contributed by atoms with E-state index in [1.165, 1.54) is 21.3 Å². The summed E-state index contributed by atoms with van der Waals surface area (Å²) >= 11 is 1.87. The summed E-state index contributed by atoms with van der Waals surface area (Å²) in [6, 6.07) is 6.98. The van der Waals surface area contributed by atoms with E-state index in [2.05, 4.69) is 61.2 Å². The van der Waals surface area contributed by atoms with Gasteiger partial charge in [0.1, 0.15) is 0 Å². The Morgan fingerprint density at radius 3 is 2.40 bits per heavy atom. The lowest BCUT2D eigenvalue weighted by Gasteiger charge is -2.33. The van der Waals surface area contributed by atoms with Gasteiger partial charge < -0.3 is 9.80 Å². The van der Waals surface area contributed by atoms with Gasteiger partial charge in [-0.1, -0.05) is 26.8 Å². The van der Waals surface area contributed by atoms with E-state index in [-0.39, 0.29) is 5.41 Å². The van der Waals surface area contributed by atoms with Crippen LogP contribution in [0.25, 0.3) is 10.1 Å². The molecule has 1 fully saturated rings. The summed E-state index contributed by atoms with van der Waals surface area (Å²) in [5.41, 5.74) is 3.08. The summed E-state index contributed by atoms with van der Waals surface area (Å²) in [6.07, 6.45) is 0. The topological polar surface area (TPSA) is 6.48 Å². The molecule has 1 aliphatic heterocycles. The number of piperazine rings is 1. The summed E-state index contributed by atoms with van der Waals surface area (Å²) in [4.78, 5) is 4.96. The van der Waals surface area contributed by atoms with Crippen LogP contribution in [-0.4, -0.2) is 38.1 Å². The first-order chi connectivity index (χ1) is 9.45. The first kappa shape index (κ1) is 13.9.